The van der Waals surface area contributed by atoms with Crippen molar-refractivity contribution in [2.75, 3.05) is 0 Å². The van der Waals surface area contributed by atoms with Crippen molar-refractivity contribution in [3.05, 3.63) is 30.0 Å². The van der Waals surface area contributed by atoms with E-state index in [-0.39, 0.29) is 11.8 Å². The molecule has 1 aromatic carbocycles. The minimum Gasteiger partial charge on any atom is -0.481 e. The van der Waals surface area contributed by atoms with Gasteiger partial charge in [-0.3, -0.25) is 9.48 Å². The van der Waals surface area contributed by atoms with Gasteiger partial charge < -0.3 is 5.11 Å². The molecule has 0 amide bonds. The maximum Gasteiger partial charge on any atom is 0.307 e. The van der Waals surface area contributed by atoms with Crippen molar-refractivity contribution in [3.63, 3.8) is 0 Å². The van der Waals surface area contributed by atoms with Crippen LogP contribution in [0.2, 0.25) is 0 Å². The second kappa shape index (κ2) is 4.80. The van der Waals surface area contributed by atoms with Gasteiger partial charge in [-0.15, -0.1) is 0 Å². The van der Waals surface area contributed by atoms with E-state index < -0.39 is 5.97 Å². The zero-order valence-electron chi connectivity index (χ0n) is 10.9. The van der Waals surface area contributed by atoms with Crippen LogP contribution in [0.15, 0.2) is 24.3 Å². The third kappa shape index (κ3) is 2.23. The fourth-order valence-corrected chi connectivity index (χ4v) is 2.26. The number of carbonyl (C=O) groups is 1. The van der Waals surface area contributed by atoms with Crippen LogP contribution in [-0.4, -0.2) is 20.9 Å². The number of aliphatic carboxylic acids is 1. The van der Waals surface area contributed by atoms with Crippen molar-refractivity contribution in [1.82, 2.24) is 9.78 Å². The zero-order chi connectivity index (χ0) is 13.3. The summed E-state index contributed by atoms with van der Waals surface area (Å²) in [5, 5.41) is 14.7. The largest absolute Gasteiger partial charge is 0.481 e. The Labute approximate surface area is 106 Å². The van der Waals surface area contributed by atoms with Gasteiger partial charge in [0.2, 0.25) is 0 Å². The second-order valence-corrected chi connectivity index (χ2v) is 4.98. The van der Waals surface area contributed by atoms with E-state index in [1.165, 1.54) is 0 Å². The minimum absolute atomic E-state index is 0.100. The zero-order valence-corrected chi connectivity index (χ0v) is 10.9. The summed E-state index contributed by atoms with van der Waals surface area (Å²) < 4.78 is 1.81. The summed E-state index contributed by atoms with van der Waals surface area (Å²) in [6.07, 6.45) is 0.481. The Morgan fingerprint density at radius 2 is 2.06 bits per heavy atom. The Bertz CT molecular complexity index is 572. The number of aryl methyl sites for hydroxylation is 1. The summed E-state index contributed by atoms with van der Waals surface area (Å²) in [6.45, 7) is 3.87. The van der Waals surface area contributed by atoms with Crippen LogP contribution in [0.4, 0.5) is 0 Å². The third-order valence-corrected chi connectivity index (χ3v) is 3.37. The molecule has 0 radical (unpaired) electrons. The first-order valence-electron chi connectivity index (χ1n) is 6.14. The molecule has 0 saturated carbocycles. The van der Waals surface area contributed by atoms with Crippen LogP contribution < -0.4 is 0 Å². The van der Waals surface area contributed by atoms with Crippen LogP contribution >= 0.6 is 0 Å². The van der Waals surface area contributed by atoms with Crippen molar-refractivity contribution < 1.29 is 9.90 Å². The van der Waals surface area contributed by atoms with Crippen molar-refractivity contribution in [2.45, 2.75) is 20.3 Å². The molecule has 0 aliphatic heterocycles. The van der Waals surface area contributed by atoms with Gasteiger partial charge in [0.25, 0.3) is 0 Å². The van der Waals surface area contributed by atoms with Crippen LogP contribution in [-0.2, 0) is 18.3 Å². The summed E-state index contributed by atoms with van der Waals surface area (Å²) in [7, 11) is 1.89. The van der Waals surface area contributed by atoms with Crippen LogP contribution in [0.25, 0.3) is 10.9 Å². The van der Waals surface area contributed by atoms with E-state index in [0.29, 0.717) is 6.42 Å². The highest BCUT2D eigenvalue weighted by Crippen LogP contribution is 2.23. The van der Waals surface area contributed by atoms with Crippen molar-refractivity contribution in [1.29, 1.82) is 0 Å². The molecule has 4 nitrogen and oxygen atoms in total. The first-order chi connectivity index (χ1) is 8.50. The number of hydrogen-bond donors (Lipinski definition) is 1. The Morgan fingerprint density at radius 1 is 1.39 bits per heavy atom. The normalized spacial score (nSPS) is 13.1. The average molecular weight is 246 g/mol. The summed E-state index contributed by atoms with van der Waals surface area (Å²) in [6, 6.07) is 7.91. The Morgan fingerprint density at radius 3 is 2.67 bits per heavy atom. The highest BCUT2D eigenvalue weighted by molar-refractivity contribution is 5.82. The van der Waals surface area contributed by atoms with Gasteiger partial charge in [-0.25, -0.2) is 0 Å². The lowest BCUT2D eigenvalue weighted by molar-refractivity contribution is -0.143. The van der Waals surface area contributed by atoms with E-state index in [0.717, 1.165) is 16.6 Å². The number of nitrogens with zero attached hydrogens (tertiary/aromatic N) is 2. The number of fused-ring (bicyclic) bond motifs is 1. The van der Waals surface area contributed by atoms with Crippen molar-refractivity contribution in [2.24, 2.45) is 18.9 Å². The maximum atomic E-state index is 11.3. The summed E-state index contributed by atoms with van der Waals surface area (Å²) >= 11 is 0. The molecule has 0 bridgehead atoms. The lowest BCUT2D eigenvalue weighted by atomic mass is 9.90. The average Bonchev–Trinajstić information content (AvgIpc) is 2.63. The van der Waals surface area contributed by atoms with Crippen LogP contribution in [0, 0.1) is 11.8 Å². The first kappa shape index (κ1) is 12.6. The Kier molecular flexibility index (Phi) is 3.36. The van der Waals surface area contributed by atoms with Gasteiger partial charge in [0.15, 0.2) is 0 Å². The summed E-state index contributed by atoms with van der Waals surface area (Å²) in [5.41, 5.74) is 1.91. The predicted molar refractivity (Wildman–Crippen MR) is 70.4 cm³/mol. The monoisotopic (exact) mass is 246 g/mol. The number of aromatic nitrogens is 2. The lowest BCUT2D eigenvalue weighted by Gasteiger charge is -2.14. The van der Waals surface area contributed by atoms with E-state index in [1.54, 1.807) is 0 Å². The Hall–Kier alpha value is -1.84. The number of para-hydroxylation sites is 1. The molecule has 0 spiro atoms. The molecule has 0 fully saturated rings. The van der Waals surface area contributed by atoms with E-state index in [9.17, 15) is 9.90 Å². The fraction of sp³-hybridized carbons (Fsp3) is 0.429. The topological polar surface area (TPSA) is 55.1 Å². The number of hydrogen-bond acceptors (Lipinski definition) is 2. The number of benzene rings is 1. The predicted octanol–water partition coefficient (Wildman–Crippen LogP) is 2.47. The van der Waals surface area contributed by atoms with Gasteiger partial charge >= 0.3 is 5.97 Å². The quantitative estimate of drug-likeness (QED) is 0.901. The standard InChI is InChI=1S/C14H18N2O2/c1-9(2)11(14(17)18)8-12-10-6-4-5-7-13(10)16(3)15-12/h4-7,9,11H,8H2,1-3H3,(H,17,18). The second-order valence-electron chi connectivity index (χ2n) is 4.98. The molecule has 18 heavy (non-hydrogen) atoms. The van der Waals surface area contributed by atoms with Crippen molar-refractivity contribution in [3.8, 4) is 0 Å². The molecule has 4 heteroatoms. The lowest BCUT2D eigenvalue weighted by Crippen LogP contribution is -2.22. The van der Waals surface area contributed by atoms with E-state index in [2.05, 4.69) is 5.10 Å². The molecule has 1 atom stereocenters. The Balaban J connectivity index is 2.40. The first-order valence-corrected chi connectivity index (χ1v) is 6.14. The minimum atomic E-state index is -0.750. The smallest absolute Gasteiger partial charge is 0.307 e. The van der Waals surface area contributed by atoms with E-state index in [1.807, 2.05) is 49.8 Å². The molecule has 1 unspecified atom stereocenters. The van der Waals surface area contributed by atoms with Crippen LogP contribution in [0.5, 0.6) is 0 Å². The molecule has 0 aliphatic rings. The van der Waals surface area contributed by atoms with Gasteiger partial charge in [-0.05, 0) is 12.0 Å². The SMILES string of the molecule is CC(C)C(Cc1nn(C)c2ccccc12)C(=O)O. The maximum absolute atomic E-state index is 11.3. The number of carboxylic acid groups (broad SMARTS) is 1. The summed E-state index contributed by atoms with van der Waals surface area (Å²) in [5.74, 6) is -1.04. The van der Waals surface area contributed by atoms with Gasteiger partial charge in [-0.1, -0.05) is 32.0 Å². The molecule has 1 heterocycles. The fourth-order valence-electron chi connectivity index (χ4n) is 2.26. The van der Waals surface area contributed by atoms with Crippen LogP contribution in [0.3, 0.4) is 0 Å². The van der Waals surface area contributed by atoms with Gasteiger partial charge in [0.1, 0.15) is 0 Å². The molecule has 96 valence electrons. The van der Waals surface area contributed by atoms with Crippen molar-refractivity contribution >= 4 is 16.9 Å². The molecule has 1 aromatic heterocycles. The summed E-state index contributed by atoms with van der Waals surface area (Å²) in [4.78, 5) is 11.3. The molecular weight excluding hydrogens is 228 g/mol. The van der Waals surface area contributed by atoms with E-state index >= 15 is 0 Å². The highest BCUT2D eigenvalue weighted by atomic mass is 16.4. The molecule has 2 rings (SSSR count). The van der Waals surface area contributed by atoms with Gasteiger partial charge in [0, 0.05) is 18.9 Å². The molecule has 0 saturated heterocycles. The molecule has 1 N–H and O–H groups in total. The molecular formula is C14H18N2O2. The highest BCUT2D eigenvalue weighted by Gasteiger charge is 2.24. The third-order valence-electron chi connectivity index (χ3n) is 3.37. The molecule has 2 aromatic rings. The van der Waals surface area contributed by atoms with E-state index in [4.69, 9.17) is 0 Å². The number of rotatable bonds is 4. The van der Waals surface area contributed by atoms with Crippen LogP contribution in [0.1, 0.15) is 19.5 Å². The van der Waals surface area contributed by atoms with Gasteiger partial charge in [0.05, 0.1) is 17.1 Å². The number of carboxylic acids is 1. The van der Waals surface area contributed by atoms with Gasteiger partial charge in [-0.2, -0.15) is 5.10 Å². The molecule has 0 aliphatic carbocycles.